The number of rotatable bonds is 15. The summed E-state index contributed by atoms with van der Waals surface area (Å²) in [7, 11) is 0. The molecular weight excluding hydrogens is 488 g/mol. The van der Waals surface area contributed by atoms with Gasteiger partial charge in [-0.3, -0.25) is 14.4 Å². The van der Waals surface area contributed by atoms with Crippen molar-refractivity contribution < 1.29 is 29.4 Å². The molecule has 36 heavy (non-hydrogen) atoms. The van der Waals surface area contributed by atoms with Crippen molar-refractivity contribution in [2.45, 2.75) is 49.9 Å². The Kier molecular flexibility index (Phi) is 11.7. The lowest BCUT2D eigenvalue weighted by Gasteiger charge is -2.24. The number of nitrogens with two attached hydrogens (primary N) is 2. The van der Waals surface area contributed by atoms with Crippen molar-refractivity contribution in [1.29, 1.82) is 0 Å². The van der Waals surface area contributed by atoms with Crippen LogP contribution in [-0.4, -0.2) is 82.0 Å². The Bertz CT molecular complexity index is 1050. The SMILES string of the molecule is NCCCCC(NC(=O)C(CS)NC(=O)C(N)Cc1c[nH]c2ccccc12)C(=O)NC(CO)C(=O)O. The molecular formula is C23H34N6O6S. The number of H-pyrrole nitrogens is 1. The van der Waals surface area contributed by atoms with Crippen molar-refractivity contribution in [1.82, 2.24) is 20.9 Å². The van der Waals surface area contributed by atoms with Crippen LogP contribution in [0.4, 0.5) is 0 Å². The van der Waals surface area contributed by atoms with Crippen LogP contribution in [0.5, 0.6) is 0 Å². The zero-order valence-corrected chi connectivity index (χ0v) is 20.7. The predicted molar refractivity (Wildman–Crippen MR) is 137 cm³/mol. The van der Waals surface area contributed by atoms with E-state index in [0.29, 0.717) is 19.4 Å². The minimum atomic E-state index is -1.52. The quantitative estimate of drug-likeness (QED) is 0.100. The number of aliphatic hydroxyl groups is 1. The number of aliphatic carboxylic acids is 1. The summed E-state index contributed by atoms with van der Waals surface area (Å²) in [6.45, 7) is -0.436. The van der Waals surface area contributed by atoms with Gasteiger partial charge < -0.3 is 42.6 Å². The Labute approximate surface area is 214 Å². The maximum absolute atomic E-state index is 12.9. The largest absolute Gasteiger partial charge is 0.480 e. The summed E-state index contributed by atoms with van der Waals surface area (Å²) in [5.74, 6) is -3.50. The summed E-state index contributed by atoms with van der Waals surface area (Å²) in [5.41, 5.74) is 13.4. The number of carbonyl (C=O) groups excluding carboxylic acids is 3. The number of fused-ring (bicyclic) bond motifs is 1. The van der Waals surface area contributed by atoms with Gasteiger partial charge in [0.25, 0.3) is 0 Å². The number of hydrogen-bond donors (Lipinski definition) is 9. The molecule has 198 valence electrons. The van der Waals surface area contributed by atoms with Crippen molar-refractivity contribution in [2.75, 3.05) is 18.9 Å². The third-order valence-corrected chi connectivity index (χ3v) is 6.01. The number of thiol groups is 1. The highest BCUT2D eigenvalue weighted by Gasteiger charge is 2.29. The zero-order chi connectivity index (χ0) is 26.7. The first-order chi connectivity index (χ1) is 17.2. The molecule has 0 fully saturated rings. The second kappa shape index (κ2) is 14.4. The standard InChI is InChI=1S/C23H34N6O6S/c24-8-4-3-7-17(21(32)28-18(11-30)23(34)35)27-22(33)19(12-36)29-20(31)15(25)9-13-10-26-16-6-2-1-5-14(13)16/h1-2,5-6,10,15,17-19,26,30,36H,3-4,7-9,11-12,24-25H2,(H,27,33)(H,28,32)(H,29,31)(H,34,35). The van der Waals surface area contributed by atoms with E-state index in [0.717, 1.165) is 16.5 Å². The Morgan fingerprint density at radius 3 is 2.25 bits per heavy atom. The molecule has 3 amide bonds. The van der Waals surface area contributed by atoms with E-state index in [4.69, 9.17) is 16.6 Å². The van der Waals surface area contributed by atoms with E-state index in [1.165, 1.54) is 0 Å². The van der Waals surface area contributed by atoms with Gasteiger partial charge in [-0.25, -0.2) is 4.79 Å². The summed E-state index contributed by atoms with van der Waals surface area (Å²) in [5, 5.41) is 26.5. The number of carboxylic acids is 1. The molecule has 0 bridgehead atoms. The predicted octanol–water partition coefficient (Wildman–Crippen LogP) is -1.37. The Morgan fingerprint density at radius 1 is 0.972 bits per heavy atom. The van der Waals surface area contributed by atoms with Crippen LogP contribution in [0.25, 0.3) is 10.9 Å². The average Bonchev–Trinajstić information content (AvgIpc) is 3.27. The molecule has 0 radical (unpaired) electrons. The summed E-state index contributed by atoms with van der Waals surface area (Å²) in [6, 6.07) is 2.94. The molecule has 12 nitrogen and oxygen atoms in total. The number of para-hydroxylation sites is 1. The molecule has 0 spiro atoms. The van der Waals surface area contributed by atoms with E-state index in [9.17, 15) is 24.3 Å². The van der Waals surface area contributed by atoms with Crippen molar-refractivity contribution in [3.63, 3.8) is 0 Å². The number of carbonyl (C=O) groups is 4. The van der Waals surface area contributed by atoms with Gasteiger partial charge in [0.05, 0.1) is 12.6 Å². The maximum atomic E-state index is 12.9. The van der Waals surface area contributed by atoms with E-state index >= 15 is 0 Å². The Morgan fingerprint density at radius 2 is 1.61 bits per heavy atom. The number of unbranched alkanes of at least 4 members (excludes halogenated alkanes) is 1. The molecule has 2 aromatic rings. The molecule has 0 aliphatic rings. The number of aliphatic hydroxyl groups excluding tert-OH is 1. The summed E-state index contributed by atoms with van der Waals surface area (Å²) in [6.07, 6.45) is 3.26. The monoisotopic (exact) mass is 522 g/mol. The number of carboxylic acid groups (broad SMARTS) is 1. The highest BCUT2D eigenvalue weighted by Crippen LogP contribution is 2.18. The smallest absolute Gasteiger partial charge is 0.328 e. The average molecular weight is 523 g/mol. The van der Waals surface area contributed by atoms with Crippen LogP contribution in [-0.2, 0) is 25.6 Å². The van der Waals surface area contributed by atoms with Crippen LogP contribution in [0.3, 0.4) is 0 Å². The first-order valence-electron chi connectivity index (χ1n) is 11.6. The fourth-order valence-corrected chi connectivity index (χ4v) is 3.85. The third-order valence-electron chi connectivity index (χ3n) is 5.64. The molecule has 10 N–H and O–H groups in total. The maximum Gasteiger partial charge on any atom is 0.328 e. The van der Waals surface area contributed by atoms with Gasteiger partial charge in [0.2, 0.25) is 17.7 Å². The molecule has 2 rings (SSSR count). The topological polar surface area (TPSA) is 213 Å². The van der Waals surface area contributed by atoms with E-state index in [1.54, 1.807) is 6.20 Å². The normalized spacial score (nSPS) is 14.4. The van der Waals surface area contributed by atoms with Crippen LogP contribution in [0, 0.1) is 0 Å². The number of aromatic amines is 1. The highest BCUT2D eigenvalue weighted by molar-refractivity contribution is 7.80. The molecule has 0 saturated heterocycles. The fourth-order valence-electron chi connectivity index (χ4n) is 3.59. The lowest BCUT2D eigenvalue weighted by molar-refractivity contribution is -0.143. The van der Waals surface area contributed by atoms with Crippen molar-refractivity contribution in [2.24, 2.45) is 11.5 Å². The minimum Gasteiger partial charge on any atom is -0.480 e. The molecule has 1 aromatic heterocycles. The van der Waals surface area contributed by atoms with Gasteiger partial charge in [0, 0.05) is 22.9 Å². The molecule has 1 aromatic carbocycles. The molecule has 4 unspecified atom stereocenters. The van der Waals surface area contributed by atoms with E-state index in [-0.39, 0.29) is 18.6 Å². The van der Waals surface area contributed by atoms with Gasteiger partial charge in [-0.2, -0.15) is 12.6 Å². The lowest BCUT2D eigenvalue weighted by Crippen LogP contribution is -2.58. The van der Waals surface area contributed by atoms with Gasteiger partial charge in [-0.05, 0) is 43.9 Å². The number of amides is 3. The summed E-state index contributed by atoms with van der Waals surface area (Å²) >= 11 is 4.14. The third kappa shape index (κ3) is 8.22. The van der Waals surface area contributed by atoms with Gasteiger partial charge >= 0.3 is 5.97 Å². The van der Waals surface area contributed by atoms with Crippen LogP contribution in [0.2, 0.25) is 0 Å². The number of hydrogen-bond acceptors (Lipinski definition) is 8. The van der Waals surface area contributed by atoms with Crippen LogP contribution in [0.1, 0.15) is 24.8 Å². The molecule has 13 heteroatoms. The lowest BCUT2D eigenvalue weighted by atomic mass is 10.0. The summed E-state index contributed by atoms with van der Waals surface area (Å²) < 4.78 is 0. The Hall–Kier alpha value is -3.13. The van der Waals surface area contributed by atoms with Gasteiger partial charge in [-0.1, -0.05) is 18.2 Å². The van der Waals surface area contributed by atoms with Gasteiger partial charge in [0.15, 0.2) is 0 Å². The first-order valence-corrected chi connectivity index (χ1v) is 12.2. The summed E-state index contributed by atoms with van der Waals surface area (Å²) in [4.78, 5) is 52.5. The zero-order valence-electron chi connectivity index (χ0n) is 19.8. The van der Waals surface area contributed by atoms with Crippen LogP contribution < -0.4 is 27.4 Å². The van der Waals surface area contributed by atoms with Gasteiger partial charge in [0.1, 0.15) is 18.1 Å². The highest BCUT2D eigenvalue weighted by atomic mass is 32.1. The van der Waals surface area contributed by atoms with Crippen LogP contribution in [0.15, 0.2) is 30.5 Å². The van der Waals surface area contributed by atoms with E-state index in [2.05, 4.69) is 33.6 Å². The number of aromatic nitrogens is 1. The first kappa shape index (κ1) is 29.1. The number of benzene rings is 1. The number of nitrogens with one attached hydrogen (secondary N) is 4. The van der Waals surface area contributed by atoms with Crippen molar-refractivity contribution in [3.05, 3.63) is 36.0 Å². The molecule has 0 saturated carbocycles. The molecule has 1 heterocycles. The van der Waals surface area contributed by atoms with E-state index < -0.39 is 54.5 Å². The van der Waals surface area contributed by atoms with Gasteiger partial charge in [-0.15, -0.1) is 0 Å². The van der Waals surface area contributed by atoms with Crippen molar-refractivity contribution >= 4 is 47.2 Å². The second-order valence-corrected chi connectivity index (χ2v) is 8.71. The molecule has 4 atom stereocenters. The fraction of sp³-hybridized carbons (Fsp3) is 0.478. The Balaban J connectivity index is 2.02. The molecule has 0 aliphatic carbocycles. The van der Waals surface area contributed by atoms with E-state index in [1.807, 2.05) is 24.3 Å². The second-order valence-electron chi connectivity index (χ2n) is 8.34. The van der Waals surface area contributed by atoms with Crippen LogP contribution >= 0.6 is 12.6 Å². The molecule has 0 aliphatic heterocycles. The minimum absolute atomic E-state index is 0.0666. The van der Waals surface area contributed by atoms with Crippen molar-refractivity contribution in [3.8, 4) is 0 Å².